The van der Waals surface area contributed by atoms with Crippen molar-refractivity contribution in [1.82, 2.24) is 19.9 Å². The van der Waals surface area contributed by atoms with Crippen molar-refractivity contribution in [2.45, 2.75) is 44.2 Å². The van der Waals surface area contributed by atoms with Crippen LogP contribution in [0.15, 0.2) is 18.6 Å². The van der Waals surface area contributed by atoms with E-state index in [4.69, 9.17) is 5.26 Å². The topological polar surface area (TPSA) is 88.9 Å². The molecule has 1 amide bonds. The molecule has 24 heavy (non-hydrogen) atoms. The predicted molar refractivity (Wildman–Crippen MR) is 89.2 cm³/mol. The first-order valence-corrected chi connectivity index (χ1v) is 8.39. The molecule has 1 N–H and O–H groups in total. The summed E-state index contributed by atoms with van der Waals surface area (Å²) in [6.45, 7) is 3.84. The Morgan fingerprint density at radius 3 is 3.08 bits per heavy atom. The minimum absolute atomic E-state index is 0.0377. The van der Waals surface area contributed by atoms with Crippen molar-refractivity contribution < 1.29 is 4.79 Å². The molecule has 0 bridgehead atoms. The van der Waals surface area contributed by atoms with Crippen molar-refractivity contribution in [3.8, 4) is 6.07 Å². The van der Waals surface area contributed by atoms with Gasteiger partial charge in [-0.25, -0.2) is 9.97 Å². The van der Waals surface area contributed by atoms with Crippen LogP contribution in [0.3, 0.4) is 0 Å². The number of carbonyl (C=O) groups excluding carboxylic acids is 1. The van der Waals surface area contributed by atoms with Crippen LogP contribution < -0.4 is 4.90 Å². The van der Waals surface area contributed by atoms with E-state index in [-0.39, 0.29) is 23.9 Å². The number of hydrogen-bond acceptors (Lipinski definition) is 5. The Bertz CT molecular complexity index is 824. The normalized spacial score (nSPS) is 26.4. The number of carbonyl (C=O) groups is 1. The van der Waals surface area contributed by atoms with Crippen LogP contribution in [0, 0.1) is 11.3 Å². The van der Waals surface area contributed by atoms with E-state index >= 15 is 0 Å². The second-order valence-corrected chi connectivity index (χ2v) is 6.64. The van der Waals surface area contributed by atoms with Crippen LogP contribution >= 0.6 is 0 Å². The highest BCUT2D eigenvalue weighted by molar-refractivity contribution is 5.87. The Morgan fingerprint density at radius 2 is 2.33 bits per heavy atom. The Morgan fingerprint density at radius 1 is 1.46 bits per heavy atom. The minimum Gasteiger partial charge on any atom is -0.351 e. The smallest absolute Gasteiger partial charge is 0.237 e. The van der Waals surface area contributed by atoms with Gasteiger partial charge < -0.3 is 14.8 Å². The zero-order valence-electron chi connectivity index (χ0n) is 13.7. The maximum atomic E-state index is 12.3. The summed E-state index contributed by atoms with van der Waals surface area (Å²) in [5, 5.41) is 9.86. The fourth-order valence-electron chi connectivity index (χ4n) is 4.37. The highest BCUT2D eigenvalue weighted by Gasteiger charge is 2.54. The van der Waals surface area contributed by atoms with Gasteiger partial charge in [0.15, 0.2) is 0 Å². The van der Waals surface area contributed by atoms with Crippen molar-refractivity contribution in [3.05, 3.63) is 18.6 Å². The average molecular weight is 324 g/mol. The number of fused-ring (bicyclic) bond motifs is 1. The molecule has 2 atom stereocenters. The van der Waals surface area contributed by atoms with Crippen LogP contribution in [0.2, 0.25) is 0 Å². The second-order valence-electron chi connectivity index (χ2n) is 6.64. The van der Waals surface area contributed by atoms with Gasteiger partial charge in [0, 0.05) is 19.3 Å². The largest absolute Gasteiger partial charge is 0.351 e. The molecule has 4 rings (SSSR count). The average Bonchev–Trinajstić information content (AvgIpc) is 3.03. The molecular formula is C17H20N6O. The second kappa shape index (κ2) is 5.48. The molecule has 7 heteroatoms. The highest BCUT2D eigenvalue weighted by atomic mass is 16.2. The first-order chi connectivity index (χ1) is 11.7. The van der Waals surface area contributed by atoms with Crippen LogP contribution in [0.4, 0.5) is 5.82 Å². The first kappa shape index (κ1) is 14.9. The maximum Gasteiger partial charge on any atom is 0.237 e. The molecule has 0 radical (unpaired) electrons. The van der Waals surface area contributed by atoms with Crippen molar-refractivity contribution in [2.75, 3.05) is 18.0 Å². The zero-order chi connectivity index (χ0) is 16.7. The standard InChI is InChI=1S/C17H20N6O/c1-12-17(6-10-23(17)14(24)3-7-18)5-2-9-22(12)16-13-4-8-19-15(13)20-11-21-16/h4,8,11-12H,2-3,5-6,9-10H2,1H3,(H,19,20,21). The lowest BCUT2D eigenvalue weighted by Gasteiger charge is -2.61. The van der Waals surface area contributed by atoms with E-state index in [9.17, 15) is 4.79 Å². The van der Waals surface area contributed by atoms with E-state index in [1.165, 1.54) is 0 Å². The third-order valence-electron chi connectivity index (χ3n) is 5.70. The summed E-state index contributed by atoms with van der Waals surface area (Å²) in [6.07, 6.45) is 6.41. The zero-order valence-corrected chi connectivity index (χ0v) is 13.7. The summed E-state index contributed by atoms with van der Waals surface area (Å²) in [5.41, 5.74) is 0.664. The van der Waals surface area contributed by atoms with Gasteiger partial charge in [-0.15, -0.1) is 0 Å². The van der Waals surface area contributed by atoms with Crippen molar-refractivity contribution in [3.63, 3.8) is 0 Å². The lowest BCUT2D eigenvalue weighted by Crippen LogP contribution is -2.72. The van der Waals surface area contributed by atoms with Crippen molar-refractivity contribution in [2.24, 2.45) is 0 Å². The van der Waals surface area contributed by atoms with Gasteiger partial charge in [-0.2, -0.15) is 5.26 Å². The molecule has 2 aliphatic rings. The molecule has 0 aliphatic carbocycles. The SMILES string of the molecule is CC1N(c2ncnc3[nH]ccc23)CCCC12CCN2C(=O)CC#N. The summed E-state index contributed by atoms with van der Waals surface area (Å²) >= 11 is 0. The van der Waals surface area contributed by atoms with E-state index in [1.54, 1.807) is 6.33 Å². The predicted octanol–water partition coefficient (Wildman–Crippen LogP) is 1.83. The Labute approximate surface area is 140 Å². The summed E-state index contributed by atoms with van der Waals surface area (Å²) in [6, 6.07) is 4.15. The summed E-state index contributed by atoms with van der Waals surface area (Å²) in [5.74, 6) is 0.874. The lowest BCUT2D eigenvalue weighted by molar-refractivity contribution is -0.150. The number of rotatable bonds is 2. The van der Waals surface area contributed by atoms with Crippen LogP contribution in [-0.2, 0) is 4.79 Å². The van der Waals surface area contributed by atoms with E-state index < -0.39 is 0 Å². The molecule has 4 heterocycles. The lowest BCUT2D eigenvalue weighted by atomic mass is 9.72. The van der Waals surface area contributed by atoms with Gasteiger partial charge in [0.1, 0.15) is 24.2 Å². The van der Waals surface area contributed by atoms with E-state index in [2.05, 4.69) is 26.8 Å². The Kier molecular flexibility index (Phi) is 3.41. The number of H-pyrrole nitrogens is 1. The molecule has 1 spiro atoms. The fraction of sp³-hybridized carbons (Fsp3) is 0.529. The minimum atomic E-state index is -0.167. The monoisotopic (exact) mass is 324 g/mol. The van der Waals surface area contributed by atoms with Crippen LogP contribution in [0.5, 0.6) is 0 Å². The van der Waals surface area contributed by atoms with Gasteiger partial charge in [-0.05, 0) is 32.3 Å². The molecule has 2 aromatic rings. The van der Waals surface area contributed by atoms with E-state index in [0.717, 1.165) is 49.2 Å². The number of hydrogen-bond donors (Lipinski definition) is 1. The van der Waals surface area contributed by atoms with Gasteiger partial charge in [0.2, 0.25) is 5.91 Å². The number of anilines is 1. The van der Waals surface area contributed by atoms with Crippen LogP contribution in [0.25, 0.3) is 11.0 Å². The molecule has 2 saturated heterocycles. The molecule has 2 fully saturated rings. The number of amides is 1. The molecule has 0 saturated carbocycles. The molecule has 2 unspecified atom stereocenters. The molecule has 124 valence electrons. The molecule has 2 aliphatic heterocycles. The quantitative estimate of drug-likeness (QED) is 0.910. The number of nitrogens with zero attached hydrogens (tertiary/aromatic N) is 5. The maximum absolute atomic E-state index is 12.3. The molecule has 7 nitrogen and oxygen atoms in total. The van der Waals surface area contributed by atoms with Crippen molar-refractivity contribution in [1.29, 1.82) is 5.26 Å². The van der Waals surface area contributed by atoms with Crippen molar-refractivity contribution >= 4 is 22.8 Å². The first-order valence-electron chi connectivity index (χ1n) is 8.39. The third kappa shape index (κ3) is 1.99. The molecular weight excluding hydrogens is 304 g/mol. The number of nitriles is 1. The van der Waals surface area contributed by atoms with Gasteiger partial charge in [0.05, 0.1) is 23.0 Å². The van der Waals surface area contributed by atoms with Gasteiger partial charge >= 0.3 is 0 Å². The summed E-state index contributed by atoms with van der Waals surface area (Å²) < 4.78 is 0. The highest BCUT2D eigenvalue weighted by Crippen LogP contribution is 2.44. The number of nitrogens with one attached hydrogen (secondary N) is 1. The summed E-state index contributed by atoms with van der Waals surface area (Å²) in [4.78, 5) is 28.4. The molecule has 0 aromatic carbocycles. The summed E-state index contributed by atoms with van der Waals surface area (Å²) in [7, 11) is 0. The Balaban J connectivity index is 1.68. The third-order valence-corrected chi connectivity index (χ3v) is 5.70. The van der Waals surface area contributed by atoms with Gasteiger partial charge in [-0.1, -0.05) is 0 Å². The molecule has 2 aromatic heterocycles. The van der Waals surface area contributed by atoms with Gasteiger partial charge in [-0.3, -0.25) is 4.79 Å². The van der Waals surface area contributed by atoms with Gasteiger partial charge in [0.25, 0.3) is 0 Å². The number of aromatic nitrogens is 3. The number of piperidine rings is 1. The number of likely N-dealkylation sites (tertiary alicyclic amines) is 1. The van der Waals surface area contributed by atoms with E-state index in [0.29, 0.717) is 0 Å². The fourth-order valence-corrected chi connectivity index (χ4v) is 4.37. The van der Waals surface area contributed by atoms with E-state index in [1.807, 2.05) is 23.2 Å². The number of aromatic amines is 1. The van der Waals surface area contributed by atoms with Crippen LogP contribution in [-0.4, -0.2) is 50.4 Å². The van der Waals surface area contributed by atoms with Crippen LogP contribution in [0.1, 0.15) is 32.6 Å². The Hall–Kier alpha value is -2.62.